The van der Waals surface area contributed by atoms with Crippen molar-refractivity contribution in [3.63, 3.8) is 0 Å². The molecule has 27 heavy (non-hydrogen) atoms. The summed E-state index contributed by atoms with van der Waals surface area (Å²) < 4.78 is 36.2. The summed E-state index contributed by atoms with van der Waals surface area (Å²) in [5.74, 6) is 0.913. The average Bonchev–Trinajstić information content (AvgIpc) is 2.66. The molecule has 144 valence electrons. The van der Waals surface area contributed by atoms with Gasteiger partial charge in [-0.25, -0.2) is 12.7 Å². The Balaban J connectivity index is 2.24. The number of ether oxygens (including phenoxy) is 2. The smallest absolute Gasteiger partial charge is 0.242 e. The maximum absolute atomic E-state index is 12.4. The molecule has 0 spiro atoms. The zero-order chi connectivity index (χ0) is 20.0. The molecule has 2 aromatic carbocycles. The van der Waals surface area contributed by atoms with Crippen molar-refractivity contribution in [3.8, 4) is 11.5 Å². The van der Waals surface area contributed by atoms with Crippen LogP contribution in [-0.2, 0) is 10.0 Å². The van der Waals surface area contributed by atoms with Crippen LogP contribution in [-0.4, -0.2) is 46.3 Å². The van der Waals surface area contributed by atoms with Crippen LogP contribution in [0.1, 0.15) is 22.8 Å². The molecular formula is C20H23NO5S. The fourth-order valence-corrected chi connectivity index (χ4v) is 3.32. The molecule has 7 heteroatoms. The van der Waals surface area contributed by atoms with E-state index in [0.717, 1.165) is 4.31 Å². The normalized spacial score (nSPS) is 11.7. The van der Waals surface area contributed by atoms with Gasteiger partial charge in [0.15, 0.2) is 17.3 Å². The Morgan fingerprint density at radius 3 is 2.33 bits per heavy atom. The lowest BCUT2D eigenvalue weighted by atomic mass is 10.1. The molecule has 0 heterocycles. The second kappa shape index (κ2) is 8.83. The number of carbonyl (C=O) groups excluding carboxylic acids is 1. The van der Waals surface area contributed by atoms with Crippen molar-refractivity contribution in [2.45, 2.75) is 11.8 Å². The maximum atomic E-state index is 12.4. The van der Waals surface area contributed by atoms with Gasteiger partial charge < -0.3 is 9.47 Å². The number of nitrogens with zero attached hydrogens (tertiary/aromatic N) is 1. The van der Waals surface area contributed by atoms with Crippen molar-refractivity contribution in [1.82, 2.24) is 4.31 Å². The van der Waals surface area contributed by atoms with Crippen molar-refractivity contribution in [3.05, 3.63) is 59.7 Å². The number of para-hydroxylation sites is 1. The molecule has 0 N–H and O–H groups in total. The van der Waals surface area contributed by atoms with Crippen LogP contribution >= 0.6 is 0 Å². The maximum Gasteiger partial charge on any atom is 0.242 e. The van der Waals surface area contributed by atoms with Gasteiger partial charge in [-0.2, -0.15) is 0 Å². The number of allylic oxidation sites excluding steroid dienone is 1. The van der Waals surface area contributed by atoms with Crippen molar-refractivity contribution >= 4 is 21.9 Å². The predicted octanol–water partition coefficient (Wildman–Crippen LogP) is 3.24. The summed E-state index contributed by atoms with van der Waals surface area (Å²) in [7, 11) is 0.941. The average molecular weight is 389 g/mol. The molecule has 0 atom stereocenters. The van der Waals surface area contributed by atoms with Crippen LogP contribution in [0.4, 0.5) is 0 Å². The molecule has 0 saturated heterocycles. The number of hydrogen-bond acceptors (Lipinski definition) is 5. The Bertz CT molecular complexity index is 931. The standard InChI is InChI=1S/C20H23NO5S/c1-5-26-19-8-6-7-16(20(19)25-4)11-14-18(22)15-9-12-17(13-10-15)27(23,24)21(2)3/h6-14H,5H2,1-4H3. The zero-order valence-electron chi connectivity index (χ0n) is 15.8. The van der Waals surface area contributed by atoms with Crippen molar-refractivity contribution in [1.29, 1.82) is 0 Å². The highest BCUT2D eigenvalue weighted by Crippen LogP contribution is 2.32. The number of sulfonamides is 1. The third kappa shape index (κ3) is 4.75. The highest BCUT2D eigenvalue weighted by molar-refractivity contribution is 7.89. The Morgan fingerprint density at radius 1 is 1.11 bits per heavy atom. The van der Waals surface area contributed by atoms with Crippen LogP contribution in [0.25, 0.3) is 6.08 Å². The van der Waals surface area contributed by atoms with E-state index in [2.05, 4.69) is 0 Å². The monoisotopic (exact) mass is 389 g/mol. The Labute approximate surface area is 160 Å². The van der Waals surface area contributed by atoms with Crippen molar-refractivity contribution < 1.29 is 22.7 Å². The highest BCUT2D eigenvalue weighted by Gasteiger charge is 2.17. The van der Waals surface area contributed by atoms with E-state index >= 15 is 0 Å². The summed E-state index contributed by atoms with van der Waals surface area (Å²) >= 11 is 0. The van der Waals surface area contributed by atoms with Gasteiger partial charge in [0.25, 0.3) is 0 Å². The summed E-state index contributed by atoms with van der Waals surface area (Å²) in [5, 5.41) is 0. The molecule has 6 nitrogen and oxygen atoms in total. The fraction of sp³-hybridized carbons (Fsp3) is 0.250. The molecule has 2 rings (SSSR count). The Hall–Kier alpha value is -2.64. The molecule has 0 fully saturated rings. The van der Waals surface area contributed by atoms with Crippen LogP contribution < -0.4 is 9.47 Å². The third-order valence-electron chi connectivity index (χ3n) is 3.85. The summed E-state index contributed by atoms with van der Waals surface area (Å²) in [6.45, 7) is 2.39. The predicted molar refractivity (Wildman–Crippen MR) is 105 cm³/mol. The minimum absolute atomic E-state index is 0.138. The quantitative estimate of drug-likeness (QED) is 0.512. The molecule has 0 amide bonds. The van der Waals surface area contributed by atoms with Gasteiger partial charge >= 0.3 is 0 Å². The van der Waals surface area contributed by atoms with Gasteiger partial charge in [-0.1, -0.05) is 12.1 Å². The molecule has 0 aliphatic rings. The molecule has 0 unspecified atom stereocenters. The van der Waals surface area contributed by atoms with E-state index in [4.69, 9.17) is 9.47 Å². The Kier molecular flexibility index (Phi) is 6.76. The van der Waals surface area contributed by atoms with Crippen molar-refractivity contribution in [2.24, 2.45) is 0 Å². The van der Waals surface area contributed by atoms with E-state index in [1.54, 1.807) is 19.3 Å². The molecule has 0 aromatic heterocycles. The van der Waals surface area contributed by atoms with Crippen LogP contribution in [0.5, 0.6) is 11.5 Å². The van der Waals surface area contributed by atoms with E-state index in [0.29, 0.717) is 29.2 Å². The van der Waals surface area contributed by atoms with Gasteiger partial charge in [-0.05, 0) is 49.4 Å². The third-order valence-corrected chi connectivity index (χ3v) is 5.67. The minimum atomic E-state index is -3.52. The summed E-state index contributed by atoms with van der Waals surface area (Å²) in [6, 6.07) is 11.3. The molecular weight excluding hydrogens is 366 g/mol. The summed E-state index contributed by atoms with van der Waals surface area (Å²) in [4.78, 5) is 12.5. The zero-order valence-corrected chi connectivity index (χ0v) is 16.6. The molecule has 2 aromatic rings. The number of rotatable bonds is 8. The van der Waals surface area contributed by atoms with Crippen LogP contribution in [0, 0.1) is 0 Å². The van der Waals surface area contributed by atoms with Crippen LogP contribution in [0.3, 0.4) is 0 Å². The topological polar surface area (TPSA) is 72.9 Å². The van der Waals surface area contributed by atoms with Crippen molar-refractivity contribution in [2.75, 3.05) is 27.8 Å². The molecule has 0 aliphatic heterocycles. The molecule has 0 saturated carbocycles. The van der Waals surface area contributed by atoms with Gasteiger partial charge in [0.1, 0.15) is 0 Å². The van der Waals surface area contributed by atoms with E-state index in [9.17, 15) is 13.2 Å². The lowest BCUT2D eigenvalue weighted by Gasteiger charge is -2.11. The van der Waals surface area contributed by atoms with Gasteiger partial charge in [0, 0.05) is 25.2 Å². The second-order valence-corrected chi connectivity index (χ2v) is 7.97. The number of benzene rings is 2. The van der Waals surface area contributed by atoms with E-state index in [-0.39, 0.29) is 10.7 Å². The van der Waals surface area contributed by atoms with E-state index < -0.39 is 10.0 Å². The first-order chi connectivity index (χ1) is 12.8. The second-order valence-electron chi connectivity index (χ2n) is 5.82. The van der Waals surface area contributed by atoms with Crippen LogP contribution in [0.2, 0.25) is 0 Å². The molecule has 0 bridgehead atoms. The van der Waals surface area contributed by atoms with Gasteiger partial charge in [-0.3, -0.25) is 4.79 Å². The lowest BCUT2D eigenvalue weighted by Crippen LogP contribution is -2.22. The minimum Gasteiger partial charge on any atom is -0.492 e. The molecule has 0 radical (unpaired) electrons. The van der Waals surface area contributed by atoms with Gasteiger partial charge in [0.2, 0.25) is 10.0 Å². The number of hydrogen-bond donors (Lipinski definition) is 0. The van der Waals surface area contributed by atoms with Crippen LogP contribution in [0.15, 0.2) is 53.4 Å². The molecule has 0 aliphatic carbocycles. The van der Waals surface area contributed by atoms with Gasteiger partial charge in [0.05, 0.1) is 18.6 Å². The number of carbonyl (C=O) groups is 1. The lowest BCUT2D eigenvalue weighted by molar-refractivity contribution is 0.104. The summed E-state index contributed by atoms with van der Waals surface area (Å²) in [6.07, 6.45) is 3.07. The fourth-order valence-electron chi connectivity index (χ4n) is 2.42. The first kappa shape index (κ1) is 20.7. The summed E-state index contributed by atoms with van der Waals surface area (Å²) in [5.41, 5.74) is 1.10. The largest absolute Gasteiger partial charge is 0.492 e. The SMILES string of the molecule is CCOc1cccc(C=CC(=O)c2ccc(S(=O)(=O)N(C)C)cc2)c1OC. The van der Waals surface area contributed by atoms with Gasteiger partial charge in [-0.15, -0.1) is 0 Å². The number of methoxy groups -OCH3 is 1. The first-order valence-electron chi connectivity index (χ1n) is 8.36. The number of ketones is 1. The van der Waals surface area contributed by atoms with E-state index in [1.807, 2.05) is 19.1 Å². The van der Waals surface area contributed by atoms with E-state index in [1.165, 1.54) is 44.4 Å². The Morgan fingerprint density at radius 2 is 1.78 bits per heavy atom. The highest BCUT2D eigenvalue weighted by atomic mass is 32.2. The first-order valence-corrected chi connectivity index (χ1v) is 9.80.